The molecule has 0 aliphatic heterocycles. The van der Waals surface area contributed by atoms with Crippen molar-refractivity contribution in [2.75, 3.05) is 11.1 Å². The zero-order valence-corrected chi connectivity index (χ0v) is 17.7. The number of carbonyl (C=O) groups is 1. The largest absolute Gasteiger partial charge is 0.325 e. The molecular weight excluding hydrogens is 392 g/mol. The van der Waals surface area contributed by atoms with Crippen LogP contribution in [-0.2, 0) is 4.79 Å². The molecule has 4 aromatic rings. The molecule has 5 nitrogen and oxygen atoms in total. The summed E-state index contributed by atoms with van der Waals surface area (Å²) >= 11 is 1.37. The number of benzene rings is 3. The van der Waals surface area contributed by atoms with Crippen molar-refractivity contribution in [3.63, 3.8) is 0 Å². The Labute approximate surface area is 180 Å². The van der Waals surface area contributed by atoms with Gasteiger partial charge in [-0.25, -0.2) is 0 Å². The maximum Gasteiger partial charge on any atom is 0.234 e. The third-order valence-corrected chi connectivity index (χ3v) is 5.63. The number of nitrogens with zero attached hydrogens (tertiary/aromatic N) is 3. The normalized spacial score (nSPS) is 10.7. The fraction of sp³-hybridized carbons (Fsp3) is 0.125. The van der Waals surface area contributed by atoms with Crippen LogP contribution >= 0.6 is 11.8 Å². The standard InChI is InChI=1S/C24H22N4OS/c1-17-12-14-20(15-13-17)28-18(2)26-27-24(28)30-16-23(29)25-22-11-7-6-10-21(22)19-8-4-3-5-9-19/h3-15H,16H2,1-2H3,(H,25,29). The lowest BCUT2D eigenvalue weighted by atomic mass is 10.0. The summed E-state index contributed by atoms with van der Waals surface area (Å²) in [5.74, 6) is 0.948. The van der Waals surface area contributed by atoms with E-state index < -0.39 is 0 Å². The van der Waals surface area contributed by atoms with Crippen LogP contribution in [0.5, 0.6) is 0 Å². The molecule has 0 unspecified atom stereocenters. The fourth-order valence-electron chi connectivity index (χ4n) is 3.21. The number of nitrogens with one attached hydrogen (secondary N) is 1. The van der Waals surface area contributed by atoms with E-state index in [9.17, 15) is 4.79 Å². The van der Waals surface area contributed by atoms with Crippen LogP contribution in [0.2, 0.25) is 0 Å². The van der Waals surface area contributed by atoms with Gasteiger partial charge in [-0.2, -0.15) is 0 Å². The summed E-state index contributed by atoms with van der Waals surface area (Å²) in [6, 6.07) is 26.0. The van der Waals surface area contributed by atoms with Crippen molar-refractivity contribution < 1.29 is 4.79 Å². The minimum atomic E-state index is -0.0838. The number of anilines is 1. The van der Waals surface area contributed by atoms with Crippen LogP contribution < -0.4 is 5.32 Å². The van der Waals surface area contributed by atoms with Gasteiger partial charge < -0.3 is 5.32 Å². The monoisotopic (exact) mass is 414 g/mol. The van der Waals surface area contributed by atoms with Crippen LogP contribution in [0.15, 0.2) is 84.0 Å². The Morgan fingerprint density at radius 1 is 0.900 bits per heavy atom. The van der Waals surface area contributed by atoms with Gasteiger partial charge in [-0.3, -0.25) is 9.36 Å². The molecule has 1 heterocycles. The van der Waals surface area contributed by atoms with E-state index in [0.29, 0.717) is 5.16 Å². The van der Waals surface area contributed by atoms with Gasteiger partial charge in [0.1, 0.15) is 5.82 Å². The number of rotatable bonds is 6. The summed E-state index contributed by atoms with van der Waals surface area (Å²) in [5, 5.41) is 12.2. The second-order valence-corrected chi connectivity index (χ2v) is 7.89. The quantitative estimate of drug-likeness (QED) is 0.436. The molecule has 4 rings (SSSR count). The molecule has 150 valence electrons. The fourth-order valence-corrected chi connectivity index (χ4v) is 4.00. The molecule has 0 radical (unpaired) electrons. The highest BCUT2D eigenvalue weighted by atomic mass is 32.2. The SMILES string of the molecule is Cc1ccc(-n2c(C)nnc2SCC(=O)Nc2ccccc2-c2ccccc2)cc1. The number of hydrogen-bond acceptors (Lipinski definition) is 4. The minimum Gasteiger partial charge on any atom is -0.325 e. The first-order valence-electron chi connectivity index (χ1n) is 9.68. The molecule has 0 fully saturated rings. The van der Waals surface area contributed by atoms with E-state index in [2.05, 4.69) is 34.6 Å². The molecule has 1 amide bonds. The van der Waals surface area contributed by atoms with Gasteiger partial charge in [0.05, 0.1) is 5.75 Å². The number of amides is 1. The number of para-hydroxylation sites is 1. The highest BCUT2D eigenvalue weighted by molar-refractivity contribution is 7.99. The molecule has 0 aliphatic carbocycles. The van der Waals surface area contributed by atoms with Crippen molar-refractivity contribution in [2.45, 2.75) is 19.0 Å². The van der Waals surface area contributed by atoms with Gasteiger partial charge in [-0.05, 0) is 37.6 Å². The molecular formula is C24H22N4OS. The first-order valence-corrected chi connectivity index (χ1v) is 10.7. The predicted octanol–water partition coefficient (Wildman–Crippen LogP) is 5.28. The summed E-state index contributed by atoms with van der Waals surface area (Å²) in [4.78, 5) is 12.7. The number of aromatic nitrogens is 3. The maximum atomic E-state index is 12.7. The van der Waals surface area contributed by atoms with Crippen molar-refractivity contribution in [1.29, 1.82) is 0 Å². The molecule has 0 bridgehead atoms. The number of aryl methyl sites for hydroxylation is 2. The maximum absolute atomic E-state index is 12.7. The molecule has 3 aromatic carbocycles. The summed E-state index contributed by atoms with van der Waals surface area (Å²) in [6.07, 6.45) is 0. The molecule has 6 heteroatoms. The van der Waals surface area contributed by atoms with E-state index in [0.717, 1.165) is 28.3 Å². The first-order chi connectivity index (χ1) is 14.6. The Bertz CT molecular complexity index is 1150. The van der Waals surface area contributed by atoms with Gasteiger partial charge in [-0.15, -0.1) is 10.2 Å². The van der Waals surface area contributed by atoms with Crippen LogP contribution in [0.25, 0.3) is 16.8 Å². The van der Waals surface area contributed by atoms with E-state index in [1.807, 2.05) is 78.2 Å². The van der Waals surface area contributed by atoms with Crippen LogP contribution in [0.1, 0.15) is 11.4 Å². The van der Waals surface area contributed by atoms with Crippen LogP contribution in [0.3, 0.4) is 0 Å². The first kappa shape index (κ1) is 19.9. The summed E-state index contributed by atoms with van der Waals surface area (Å²) in [5.41, 5.74) is 5.03. The van der Waals surface area contributed by atoms with E-state index in [1.165, 1.54) is 17.3 Å². The average Bonchev–Trinajstić information content (AvgIpc) is 3.14. The van der Waals surface area contributed by atoms with Gasteiger partial charge in [0.15, 0.2) is 5.16 Å². The molecule has 0 saturated carbocycles. The Morgan fingerprint density at radius 3 is 2.37 bits per heavy atom. The third kappa shape index (κ3) is 4.44. The van der Waals surface area contributed by atoms with Gasteiger partial charge in [0, 0.05) is 16.9 Å². The lowest BCUT2D eigenvalue weighted by Crippen LogP contribution is -2.15. The topological polar surface area (TPSA) is 59.8 Å². The van der Waals surface area contributed by atoms with Crippen LogP contribution in [0.4, 0.5) is 5.69 Å². The average molecular weight is 415 g/mol. The number of carbonyl (C=O) groups excluding carboxylic acids is 1. The van der Waals surface area contributed by atoms with Gasteiger partial charge >= 0.3 is 0 Å². The van der Waals surface area contributed by atoms with Crippen molar-refractivity contribution in [3.8, 4) is 16.8 Å². The van der Waals surface area contributed by atoms with E-state index >= 15 is 0 Å². The highest BCUT2D eigenvalue weighted by Gasteiger charge is 2.14. The van der Waals surface area contributed by atoms with Crippen LogP contribution in [0, 0.1) is 13.8 Å². The van der Waals surface area contributed by atoms with E-state index in [-0.39, 0.29) is 11.7 Å². The van der Waals surface area contributed by atoms with E-state index in [1.54, 1.807) is 0 Å². The molecule has 1 aromatic heterocycles. The molecule has 30 heavy (non-hydrogen) atoms. The Kier molecular flexibility index (Phi) is 5.95. The van der Waals surface area contributed by atoms with E-state index in [4.69, 9.17) is 0 Å². The Balaban J connectivity index is 1.48. The van der Waals surface area contributed by atoms with Crippen molar-refractivity contribution >= 4 is 23.4 Å². The zero-order chi connectivity index (χ0) is 20.9. The highest BCUT2D eigenvalue weighted by Crippen LogP contribution is 2.28. The lowest BCUT2D eigenvalue weighted by molar-refractivity contribution is -0.113. The summed E-state index contributed by atoms with van der Waals surface area (Å²) in [7, 11) is 0. The predicted molar refractivity (Wildman–Crippen MR) is 122 cm³/mol. The Morgan fingerprint density at radius 2 is 1.60 bits per heavy atom. The number of thioether (sulfide) groups is 1. The van der Waals surface area contributed by atoms with Gasteiger partial charge in [0.25, 0.3) is 0 Å². The summed E-state index contributed by atoms with van der Waals surface area (Å²) < 4.78 is 1.97. The van der Waals surface area contributed by atoms with Crippen molar-refractivity contribution in [1.82, 2.24) is 14.8 Å². The van der Waals surface area contributed by atoms with Gasteiger partial charge in [-0.1, -0.05) is 78.0 Å². The molecule has 0 atom stereocenters. The Hall–Kier alpha value is -3.38. The lowest BCUT2D eigenvalue weighted by Gasteiger charge is -2.12. The second kappa shape index (κ2) is 8.97. The smallest absolute Gasteiger partial charge is 0.234 e. The molecule has 0 spiro atoms. The van der Waals surface area contributed by atoms with Gasteiger partial charge in [0.2, 0.25) is 5.91 Å². The molecule has 1 N–H and O–H groups in total. The number of hydrogen-bond donors (Lipinski definition) is 1. The molecule has 0 aliphatic rings. The second-order valence-electron chi connectivity index (χ2n) is 6.95. The minimum absolute atomic E-state index is 0.0838. The third-order valence-electron chi connectivity index (χ3n) is 4.71. The zero-order valence-electron chi connectivity index (χ0n) is 16.9. The summed E-state index contributed by atoms with van der Waals surface area (Å²) in [6.45, 7) is 3.96. The van der Waals surface area contributed by atoms with Crippen molar-refractivity contribution in [3.05, 3.63) is 90.3 Å². The molecule has 0 saturated heterocycles. The van der Waals surface area contributed by atoms with Crippen LogP contribution in [-0.4, -0.2) is 26.4 Å². The van der Waals surface area contributed by atoms with Crippen molar-refractivity contribution in [2.24, 2.45) is 0 Å².